The summed E-state index contributed by atoms with van der Waals surface area (Å²) >= 11 is 3.12. The van der Waals surface area contributed by atoms with Crippen LogP contribution >= 0.6 is 15.9 Å². The standard InChI is InChI=1S/C13H11BrFNO3/c1-2-7-3-11(17)16(6-7)12-9(13(18)19)4-8(15)5-10(12)14/h2,4-5,7H,1,3,6H2,(H,18,19). The first-order valence-electron chi connectivity index (χ1n) is 5.59. The van der Waals surface area contributed by atoms with Crippen molar-refractivity contribution >= 4 is 33.5 Å². The predicted molar refractivity (Wildman–Crippen MR) is 71.7 cm³/mol. The van der Waals surface area contributed by atoms with Gasteiger partial charge in [0, 0.05) is 23.4 Å². The second-order valence-corrected chi connectivity index (χ2v) is 5.15. The summed E-state index contributed by atoms with van der Waals surface area (Å²) in [5.74, 6) is -2.16. The molecule has 0 spiro atoms. The van der Waals surface area contributed by atoms with Gasteiger partial charge in [-0.3, -0.25) is 4.79 Å². The molecule has 1 aromatic carbocycles. The van der Waals surface area contributed by atoms with Crippen molar-refractivity contribution in [1.29, 1.82) is 0 Å². The fourth-order valence-electron chi connectivity index (χ4n) is 2.11. The van der Waals surface area contributed by atoms with Crippen molar-refractivity contribution in [1.82, 2.24) is 0 Å². The third-order valence-electron chi connectivity index (χ3n) is 3.02. The maximum atomic E-state index is 13.3. The molecule has 1 amide bonds. The normalized spacial score (nSPS) is 18.7. The van der Waals surface area contributed by atoms with Crippen LogP contribution in [0.15, 0.2) is 29.3 Å². The summed E-state index contributed by atoms with van der Waals surface area (Å²) in [5, 5.41) is 9.14. The minimum absolute atomic E-state index is 0.0221. The van der Waals surface area contributed by atoms with Gasteiger partial charge in [0.05, 0.1) is 11.3 Å². The molecule has 0 bridgehead atoms. The molecule has 0 saturated carbocycles. The summed E-state index contributed by atoms with van der Waals surface area (Å²) in [6.45, 7) is 3.99. The van der Waals surface area contributed by atoms with Crippen LogP contribution in [0.1, 0.15) is 16.8 Å². The molecule has 1 aromatic rings. The first-order valence-corrected chi connectivity index (χ1v) is 6.38. The smallest absolute Gasteiger partial charge is 0.337 e. The molecule has 0 aliphatic carbocycles. The lowest BCUT2D eigenvalue weighted by atomic mass is 10.1. The number of rotatable bonds is 3. The second-order valence-electron chi connectivity index (χ2n) is 4.29. The first kappa shape index (κ1) is 13.7. The number of hydrogen-bond donors (Lipinski definition) is 1. The van der Waals surface area contributed by atoms with E-state index in [4.69, 9.17) is 5.11 Å². The Balaban J connectivity index is 2.53. The van der Waals surface area contributed by atoms with Crippen LogP contribution in [0.3, 0.4) is 0 Å². The number of carbonyl (C=O) groups excluding carboxylic acids is 1. The van der Waals surface area contributed by atoms with Gasteiger partial charge in [-0.2, -0.15) is 0 Å². The summed E-state index contributed by atoms with van der Waals surface area (Å²) in [7, 11) is 0. The van der Waals surface area contributed by atoms with Crippen molar-refractivity contribution in [2.75, 3.05) is 11.4 Å². The second kappa shape index (κ2) is 5.13. The van der Waals surface area contributed by atoms with E-state index in [0.29, 0.717) is 6.54 Å². The third-order valence-corrected chi connectivity index (χ3v) is 3.62. The Morgan fingerprint density at radius 3 is 2.79 bits per heavy atom. The molecule has 1 atom stereocenters. The quantitative estimate of drug-likeness (QED) is 0.868. The number of carbonyl (C=O) groups is 2. The lowest BCUT2D eigenvalue weighted by Gasteiger charge is -2.20. The fourth-order valence-corrected chi connectivity index (χ4v) is 2.76. The molecule has 0 radical (unpaired) electrons. The van der Waals surface area contributed by atoms with E-state index in [-0.39, 0.29) is 34.0 Å². The first-order chi connectivity index (χ1) is 8.93. The summed E-state index contributed by atoms with van der Waals surface area (Å²) in [6.07, 6.45) is 1.95. The molecule has 1 unspecified atom stereocenters. The van der Waals surface area contributed by atoms with Crippen molar-refractivity contribution in [2.45, 2.75) is 6.42 Å². The number of carboxylic acids is 1. The average molecular weight is 328 g/mol. The van der Waals surface area contributed by atoms with Crippen LogP contribution in [0, 0.1) is 11.7 Å². The van der Waals surface area contributed by atoms with Gasteiger partial charge in [0.25, 0.3) is 0 Å². The molecule has 1 saturated heterocycles. The van der Waals surface area contributed by atoms with Gasteiger partial charge in [-0.25, -0.2) is 9.18 Å². The molecular formula is C13H11BrFNO3. The number of nitrogens with zero attached hydrogens (tertiary/aromatic N) is 1. The monoisotopic (exact) mass is 327 g/mol. The van der Waals surface area contributed by atoms with E-state index in [1.807, 2.05) is 0 Å². The van der Waals surface area contributed by atoms with Crippen LogP contribution in [-0.2, 0) is 4.79 Å². The summed E-state index contributed by atoms with van der Waals surface area (Å²) in [4.78, 5) is 24.5. The van der Waals surface area contributed by atoms with Crippen molar-refractivity contribution in [3.8, 4) is 0 Å². The number of carboxylic acid groups (broad SMARTS) is 1. The van der Waals surface area contributed by atoms with Gasteiger partial charge in [0.2, 0.25) is 5.91 Å². The van der Waals surface area contributed by atoms with Crippen molar-refractivity contribution in [3.05, 3.63) is 40.6 Å². The third kappa shape index (κ3) is 2.53. The highest BCUT2D eigenvalue weighted by Gasteiger charge is 2.32. The molecule has 19 heavy (non-hydrogen) atoms. The van der Waals surface area contributed by atoms with Crippen molar-refractivity contribution in [2.24, 2.45) is 5.92 Å². The Kier molecular flexibility index (Phi) is 3.71. The molecule has 4 nitrogen and oxygen atoms in total. The predicted octanol–water partition coefficient (Wildman–Crippen LogP) is 2.83. The zero-order chi connectivity index (χ0) is 14.2. The zero-order valence-electron chi connectivity index (χ0n) is 9.90. The zero-order valence-corrected chi connectivity index (χ0v) is 11.5. The molecule has 1 heterocycles. The minimum atomic E-state index is -1.27. The molecule has 100 valence electrons. The Morgan fingerprint density at radius 2 is 2.26 bits per heavy atom. The Labute approximate surface area is 117 Å². The van der Waals surface area contributed by atoms with Crippen LogP contribution in [0.2, 0.25) is 0 Å². The maximum Gasteiger partial charge on any atom is 0.337 e. The lowest BCUT2D eigenvalue weighted by Crippen LogP contribution is -2.27. The number of halogens is 2. The number of amides is 1. The van der Waals surface area contributed by atoms with Crippen LogP contribution in [0.25, 0.3) is 0 Å². The van der Waals surface area contributed by atoms with Gasteiger partial charge in [-0.15, -0.1) is 6.58 Å². The van der Waals surface area contributed by atoms with E-state index < -0.39 is 11.8 Å². The van der Waals surface area contributed by atoms with E-state index in [0.717, 1.165) is 12.1 Å². The van der Waals surface area contributed by atoms with E-state index in [2.05, 4.69) is 22.5 Å². The van der Waals surface area contributed by atoms with E-state index >= 15 is 0 Å². The van der Waals surface area contributed by atoms with Crippen molar-refractivity contribution in [3.63, 3.8) is 0 Å². The van der Waals surface area contributed by atoms with E-state index in [1.54, 1.807) is 6.08 Å². The van der Waals surface area contributed by atoms with E-state index in [9.17, 15) is 14.0 Å². The number of hydrogen-bond acceptors (Lipinski definition) is 2. The molecule has 1 aliphatic heterocycles. The molecule has 2 rings (SSSR count). The number of benzene rings is 1. The van der Waals surface area contributed by atoms with Gasteiger partial charge in [0.15, 0.2) is 0 Å². The SMILES string of the molecule is C=CC1CC(=O)N(c2c(Br)cc(F)cc2C(=O)O)C1. The van der Waals surface area contributed by atoms with Crippen molar-refractivity contribution < 1.29 is 19.1 Å². The van der Waals surface area contributed by atoms with Crippen LogP contribution in [0.4, 0.5) is 10.1 Å². The molecule has 1 fully saturated rings. The summed E-state index contributed by atoms with van der Waals surface area (Å²) in [6, 6.07) is 2.06. The fraction of sp³-hybridized carbons (Fsp3) is 0.231. The van der Waals surface area contributed by atoms with Crippen LogP contribution in [-0.4, -0.2) is 23.5 Å². The van der Waals surface area contributed by atoms with Crippen LogP contribution < -0.4 is 4.90 Å². The Morgan fingerprint density at radius 1 is 1.58 bits per heavy atom. The lowest BCUT2D eigenvalue weighted by molar-refractivity contribution is -0.117. The van der Waals surface area contributed by atoms with Gasteiger partial charge < -0.3 is 10.0 Å². The molecule has 0 aromatic heterocycles. The molecule has 1 N–H and O–H groups in total. The maximum absolute atomic E-state index is 13.3. The highest BCUT2D eigenvalue weighted by atomic mass is 79.9. The van der Waals surface area contributed by atoms with Gasteiger partial charge in [0.1, 0.15) is 5.82 Å². The summed E-state index contributed by atoms with van der Waals surface area (Å²) in [5.41, 5.74) is -0.0341. The van der Waals surface area contributed by atoms with Gasteiger partial charge in [-0.1, -0.05) is 6.08 Å². The molecule has 6 heteroatoms. The largest absolute Gasteiger partial charge is 0.478 e. The molecule has 1 aliphatic rings. The topological polar surface area (TPSA) is 57.6 Å². The highest BCUT2D eigenvalue weighted by molar-refractivity contribution is 9.10. The van der Waals surface area contributed by atoms with Gasteiger partial charge >= 0.3 is 5.97 Å². The number of aromatic carboxylic acids is 1. The highest BCUT2D eigenvalue weighted by Crippen LogP contribution is 2.35. The Bertz CT molecular complexity index is 573. The van der Waals surface area contributed by atoms with Crippen LogP contribution in [0.5, 0.6) is 0 Å². The average Bonchev–Trinajstić information content (AvgIpc) is 2.69. The summed E-state index contributed by atoms with van der Waals surface area (Å²) < 4.78 is 13.5. The number of anilines is 1. The Hall–Kier alpha value is -1.69. The van der Waals surface area contributed by atoms with E-state index in [1.165, 1.54) is 4.90 Å². The minimum Gasteiger partial charge on any atom is -0.478 e. The molecular weight excluding hydrogens is 317 g/mol. The van der Waals surface area contributed by atoms with Gasteiger partial charge in [-0.05, 0) is 28.1 Å².